The summed E-state index contributed by atoms with van der Waals surface area (Å²) < 4.78 is 98.0. The van der Waals surface area contributed by atoms with Crippen molar-refractivity contribution in [1.29, 1.82) is 0 Å². The summed E-state index contributed by atoms with van der Waals surface area (Å²) in [5.41, 5.74) is 3.51. The van der Waals surface area contributed by atoms with Crippen LogP contribution in [0.2, 0.25) is 0 Å². The molecular weight excluding hydrogens is 951 g/mol. The second-order valence-electron chi connectivity index (χ2n) is 19.0. The Morgan fingerprint density at radius 3 is 1.33 bits per heavy atom. The molecule has 2 aliphatic heterocycles. The van der Waals surface area contributed by atoms with Crippen molar-refractivity contribution < 1.29 is 54.9 Å². The fourth-order valence-corrected chi connectivity index (χ4v) is 8.40. The molecule has 6 aromatic rings. The molecule has 73 heavy (non-hydrogen) atoms. The highest BCUT2D eigenvalue weighted by molar-refractivity contribution is 5.91. The molecule has 16 heteroatoms. The molecule has 0 aliphatic carbocycles. The maximum absolute atomic E-state index is 14.5. The zero-order chi connectivity index (χ0) is 52.1. The first-order valence-corrected chi connectivity index (χ1v) is 24.3. The molecule has 0 radical (unpaired) electrons. The number of anilines is 2. The largest absolute Gasteiger partial charge is 0.457 e. The Hall–Kier alpha value is -7.33. The van der Waals surface area contributed by atoms with Crippen molar-refractivity contribution in [2.75, 3.05) is 36.8 Å². The van der Waals surface area contributed by atoms with E-state index in [-0.39, 0.29) is 59.5 Å². The van der Waals surface area contributed by atoms with Crippen LogP contribution in [0, 0.1) is 34.9 Å². The van der Waals surface area contributed by atoms with Gasteiger partial charge in [0, 0.05) is 38.1 Å². The molecule has 10 nitrogen and oxygen atoms in total. The van der Waals surface area contributed by atoms with Gasteiger partial charge in [0.2, 0.25) is 11.8 Å². The highest BCUT2D eigenvalue weighted by Gasteiger charge is 2.28. The number of benzene rings is 6. The Kier molecular flexibility index (Phi) is 18.2. The third kappa shape index (κ3) is 16.1. The van der Waals surface area contributed by atoms with Gasteiger partial charge in [0.05, 0.1) is 11.4 Å². The van der Waals surface area contributed by atoms with Crippen LogP contribution in [0.15, 0.2) is 121 Å². The van der Waals surface area contributed by atoms with Crippen LogP contribution in [0.1, 0.15) is 93.4 Å². The molecule has 6 aromatic carbocycles. The van der Waals surface area contributed by atoms with Crippen molar-refractivity contribution in [3.63, 3.8) is 0 Å². The minimum atomic E-state index is -0.995. The van der Waals surface area contributed by atoms with Crippen LogP contribution in [0.4, 0.5) is 42.5 Å². The van der Waals surface area contributed by atoms with E-state index in [0.717, 1.165) is 72.5 Å². The van der Waals surface area contributed by atoms with Crippen LogP contribution in [-0.4, -0.2) is 54.6 Å². The summed E-state index contributed by atoms with van der Waals surface area (Å²) in [5, 5.41) is 8.68. The molecule has 384 valence electrons. The molecule has 0 spiro atoms. The van der Waals surface area contributed by atoms with E-state index in [1.54, 1.807) is 77.7 Å². The first kappa shape index (κ1) is 53.5. The van der Waals surface area contributed by atoms with E-state index in [9.17, 15) is 40.7 Å². The molecule has 2 aliphatic rings. The number of halogens is 6. The average molecular weight is 1010 g/mol. The minimum absolute atomic E-state index is 0.132. The minimum Gasteiger partial charge on any atom is -0.457 e. The lowest BCUT2D eigenvalue weighted by molar-refractivity contribution is -0.117. The zero-order valence-corrected chi connectivity index (χ0v) is 40.9. The number of carbonyl (C=O) groups excluding carboxylic acids is 3. The topological polar surface area (TPSA) is 118 Å². The second-order valence-corrected chi connectivity index (χ2v) is 19.0. The van der Waals surface area contributed by atoms with Crippen LogP contribution >= 0.6 is 0 Å². The van der Waals surface area contributed by atoms with E-state index in [1.807, 2.05) is 20.8 Å². The van der Waals surface area contributed by atoms with Gasteiger partial charge in [-0.15, -0.1) is 0 Å². The fourth-order valence-electron chi connectivity index (χ4n) is 8.40. The highest BCUT2D eigenvalue weighted by Crippen LogP contribution is 2.33. The van der Waals surface area contributed by atoms with E-state index in [1.165, 1.54) is 24.3 Å². The van der Waals surface area contributed by atoms with Gasteiger partial charge < -0.3 is 35.1 Å². The summed E-state index contributed by atoms with van der Waals surface area (Å²) in [7, 11) is 0. The zero-order valence-electron chi connectivity index (χ0n) is 40.9. The standard InChI is InChI=1S/C31H33F3N2O4.C26H25F3N2O2/c1-31(2,3)40-30(38)36-16-14-21(15-17-36)22-7-11-26(33)28(18-22)35-29(37)13-6-20-4-8-23(9-5-20)39-24-10-12-25(32)27(34)19-24;27-22-9-7-21(16-24(22)29)33-20-5-1-17(2-6-20)3-10-26(32)31-25-15-19(4-8-23(25)28)18-11-13-30-14-12-18/h4-5,7-12,18-19,21H,6,13-17H2,1-3H3,(H,35,37);1-2,4-9,15-16,18,30H,3,10-14H2,(H,31,32). The third-order valence-electron chi connectivity index (χ3n) is 12.3. The van der Waals surface area contributed by atoms with E-state index in [4.69, 9.17) is 14.2 Å². The lowest BCUT2D eigenvalue weighted by atomic mass is 9.89. The van der Waals surface area contributed by atoms with Gasteiger partial charge in [0.25, 0.3) is 0 Å². The Bertz CT molecular complexity index is 2850. The van der Waals surface area contributed by atoms with Gasteiger partial charge in [-0.2, -0.15) is 0 Å². The maximum Gasteiger partial charge on any atom is 0.410 e. The number of piperidine rings is 2. The molecule has 0 bridgehead atoms. The molecule has 0 aromatic heterocycles. The van der Waals surface area contributed by atoms with Crippen LogP contribution in [0.25, 0.3) is 0 Å². The number of nitrogens with one attached hydrogen (secondary N) is 3. The summed E-state index contributed by atoms with van der Waals surface area (Å²) >= 11 is 0. The fraction of sp³-hybridized carbons (Fsp3) is 0.316. The first-order valence-electron chi connectivity index (χ1n) is 24.3. The van der Waals surface area contributed by atoms with Gasteiger partial charge >= 0.3 is 6.09 Å². The van der Waals surface area contributed by atoms with Gasteiger partial charge in [0.1, 0.15) is 40.2 Å². The van der Waals surface area contributed by atoms with Crippen molar-refractivity contribution >= 4 is 29.3 Å². The first-order chi connectivity index (χ1) is 34.9. The Morgan fingerprint density at radius 2 is 0.918 bits per heavy atom. The van der Waals surface area contributed by atoms with Crippen molar-refractivity contribution in [2.24, 2.45) is 0 Å². The summed E-state index contributed by atoms with van der Waals surface area (Å²) in [5.74, 6) is -3.63. The Labute approximate surface area is 421 Å². The quantitative estimate of drug-likeness (QED) is 0.0930. The normalized spacial score (nSPS) is 14.1. The van der Waals surface area contributed by atoms with Gasteiger partial charge in [-0.1, -0.05) is 36.4 Å². The predicted molar refractivity (Wildman–Crippen MR) is 267 cm³/mol. The molecule has 0 atom stereocenters. The summed E-state index contributed by atoms with van der Waals surface area (Å²) in [4.78, 5) is 39.0. The van der Waals surface area contributed by atoms with Crippen molar-refractivity contribution in [3.05, 3.63) is 178 Å². The van der Waals surface area contributed by atoms with Gasteiger partial charge in [-0.05, 0) is 179 Å². The lowest BCUT2D eigenvalue weighted by Crippen LogP contribution is -2.41. The maximum atomic E-state index is 14.5. The third-order valence-corrected chi connectivity index (χ3v) is 12.3. The predicted octanol–water partition coefficient (Wildman–Crippen LogP) is 13.5. The summed E-state index contributed by atoms with van der Waals surface area (Å²) in [6, 6.07) is 30.2. The van der Waals surface area contributed by atoms with Crippen molar-refractivity contribution in [2.45, 2.75) is 89.6 Å². The number of carbonyl (C=O) groups is 3. The summed E-state index contributed by atoms with van der Waals surface area (Å²) in [6.45, 7) is 8.46. The Morgan fingerprint density at radius 1 is 0.521 bits per heavy atom. The van der Waals surface area contributed by atoms with Crippen molar-refractivity contribution in [1.82, 2.24) is 10.2 Å². The van der Waals surface area contributed by atoms with Crippen LogP contribution < -0.4 is 25.4 Å². The molecule has 2 saturated heterocycles. The SMILES string of the molecule is CC(C)(C)OC(=O)N1CCC(c2ccc(F)c(NC(=O)CCc3ccc(Oc4ccc(F)c(F)c4)cc3)c2)CC1.O=C(CCc1ccc(Oc2ccc(F)c(F)c2)cc1)Nc1cc(C2CCNCC2)ccc1F. The number of aryl methyl sites for hydroxylation is 2. The van der Waals surface area contributed by atoms with Crippen LogP contribution in [0.5, 0.6) is 23.0 Å². The molecule has 2 fully saturated rings. The molecule has 8 rings (SSSR count). The van der Waals surface area contributed by atoms with Crippen LogP contribution in [0.3, 0.4) is 0 Å². The smallest absolute Gasteiger partial charge is 0.410 e. The number of amides is 3. The van der Waals surface area contributed by atoms with Gasteiger partial charge in [-0.3, -0.25) is 9.59 Å². The van der Waals surface area contributed by atoms with Crippen molar-refractivity contribution in [3.8, 4) is 23.0 Å². The highest BCUT2D eigenvalue weighted by atomic mass is 19.2. The summed E-state index contributed by atoms with van der Waals surface area (Å²) in [6.07, 6.45) is 4.31. The number of hydrogen-bond donors (Lipinski definition) is 3. The second kappa shape index (κ2) is 24.9. The molecular formula is C57H58F6N4O6. The molecule has 3 N–H and O–H groups in total. The van der Waals surface area contributed by atoms with Crippen LogP contribution in [-0.2, 0) is 27.2 Å². The lowest BCUT2D eigenvalue weighted by Gasteiger charge is -2.33. The van der Waals surface area contributed by atoms with Gasteiger partial charge in [-0.25, -0.2) is 31.1 Å². The molecule has 2 heterocycles. The molecule has 0 unspecified atom stereocenters. The number of likely N-dealkylation sites (tertiary alicyclic amines) is 1. The number of rotatable bonds is 14. The number of ether oxygens (including phenoxy) is 3. The van der Waals surface area contributed by atoms with Gasteiger partial charge in [0.15, 0.2) is 23.3 Å². The molecule has 0 saturated carbocycles. The number of hydrogen-bond acceptors (Lipinski definition) is 7. The van der Waals surface area contributed by atoms with E-state index >= 15 is 0 Å². The molecule has 3 amide bonds. The Balaban J connectivity index is 0.000000218. The monoisotopic (exact) mass is 1010 g/mol. The van der Waals surface area contributed by atoms with E-state index in [2.05, 4.69) is 16.0 Å². The van der Waals surface area contributed by atoms with E-state index in [0.29, 0.717) is 56.2 Å². The average Bonchev–Trinajstić information content (AvgIpc) is 3.37. The number of nitrogens with zero attached hydrogens (tertiary/aromatic N) is 1. The van der Waals surface area contributed by atoms with E-state index < -0.39 is 40.5 Å².